The van der Waals surface area contributed by atoms with Crippen LogP contribution in [0, 0.1) is 0 Å². The lowest BCUT2D eigenvalue weighted by Crippen LogP contribution is -2.33. The number of hydrogen-bond acceptors (Lipinski definition) is 2. The van der Waals surface area contributed by atoms with E-state index in [0.717, 1.165) is 13.1 Å². The highest BCUT2D eigenvalue weighted by atomic mass is 16.1. The SMILES string of the molecule is CC(=O)NCCNCC1CCCc2ccccc21. The highest BCUT2D eigenvalue weighted by Crippen LogP contribution is 2.30. The summed E-state index contributed by atoms with van der Waals surface area (Å²) >= 11 is 0. The second kappa shape index (κ2) is 6.55. The van der Waals surface area contributed by atoms with Gasteiger partial charge in [0, 0.05) is 26.6 Å². The summed E-state index contributed by atoms with van der Waals surface area (Å²) in [6.07, 6.45) is 3.78. The van der Waals surface area contributed by atoms with E-state index in [9.17, 15) is 4.79 Å². The van der Waals surface area contributed by atoms with Gasteiger partial charge in [-0.3, -0.25) is 4.79 Å². The van der Waals surface area contributed by atoms with E-state index < -0.39 is 0 Å². The Morgan fingerprint density at radius 2 is 2.17 bits per heavy atom. The van der Waals surface area contributed by atoms with Crippen molar-refractivity contribution in [3.8, 4) is 0 Å². The summed E-state index contributed by atoms with van der Waals surface area (Å²) in [4.78, 5) is 10.7. The number of hydrogen-bond donors (Lipinski definition) is 2. The zero-order valence-corrected chi connectivity index (χ0v) is 11.0. The van der Waals surface area contributed by atoms with Gasteiger partial charge in [-0.25, -0.2) is 0 Å². The van der Waals surface area contributed by atoms with E-state index in [2.05, 4.69) is 34.9 Å². The minimum Gasteiger partial charge on any atom is -0.355 e. The largest absolute Gasteiger partial charge is 0.355 e. The van der Waals surface area contributed by atoms with Gasteiger partial charge in [-0.1, -0.05) is 24.3 Å². The van der Waals surface area contributed by atoms with E-state index in [1.54, 1.807) is 6.92 Å². The van der Waals surface area contributed by atoms with Crippen molar-refractivity contribution in [3.63, 3.8) is 0 Å². The summed E-state index contributed by atoms with van der Waals surface area (Å²) in [5.41, 5.74) is 3.02. The average Bonchev–Trinajstić information content (AvgIpc) is 2.38. The molecule has 3 nitrogen and oxygen atoms in total. The van der Waals surface area contributed by atoms with Gasteiger partial charge in [-0.05, 0) is 36.3 Å². The molecule has 0 aliphatic heterocycles. The molecule has 1 atom stereocenters. The fraction of sp³-hybridized carbons (Fsp3) is 0.533. The van der Waals surface area contributed by atoms with E-state index in [1.807, 2.05) is 0 Å². The number of rotatable bonds is 5. The number of carbonyl (C=O) groups is 1. The number of aryl methyl sites for hydroxylation is 1. The molecular formula is C15H22N2O. The van der Waals surface area contributed by atoms with Crippen LogP contribution < -0.4 is 10.6 Å². The molecule has 1 aromatic carbocycles. The Hall–Kier alpha value is -1.35. The van der Waals surface area contributed by atoms with E-state index in [-0.39, 0.29) is 5.91 Å². The Balaban J connectivity index is 1.79. The van der Waals surface area contributed by atoms with Crippen molar-refractivity contribution in [2.45, 2.75) is 32.1 Å². The van der Waals surface area contributed by atoms with E-state index in [1.165, 1.54) is 30.4 Å². The Bertz CT molecular complexity index is 403. The van der Waals surface area contributed by atoms with Crippen molar-refractivity contribution in [2.75, 3.05) is 19.6 Å². The van der Waals surface area contributed by atoms with Gasteiger partial charge in [-0.2, -0.15) is 0 Å². The van der Waals surface area contributed by atoms with Crippen molar-refractivity contribution in [2.24, 2.45) is 0 Å². The molecule has 0 radical (unpaired) electrons. The minimum atomic E-state index is 0.0415. The topological polar surface area (TPSA) is 41.1 Å². The standard InChI is InChI=1S/C15H22N2O/c1-12(18)17-10-9-16-11-14-7-4-6-13-5-2-3-8-15(13)14/h2-3,5,8,14,16H,4,6-7,9-11H2,1H3,(H,17,18). The van der Waals surface area contributed by atoms with E-state index >= 15 is 0 Å². The second-order valence-corrected chi connectivity index (χ2v) is 4.98. The number of amides is 1. The Labute approximate surface area is 109 Å². The predicted molar refractivity (Wildman–Crippen MR) is 73.7 cm³/mol. The maximum Gasteiger partial charge on any atom is 0.216 e. The maximum absolute atomic E-state index is 10.7. The van der Waals surface area contributed by atoms with Crippen molar-refractivity contribution < 1.29 is 4.79 Å². The third-order valence-corrected chi connectivity index (χ3v) is 3.56. The molecule has 1 aliphatic carbocycles. The van der Waals surface area contributed by atoms with Crippen molar-refractivity contribution >= 4 is 5.91 Å². The number of benzene rings is 1. The fourth-order valence-corrected chi connectivity index (χ4v) is 2.67. The van der Waals surface area contributed by atoms with Gasteiger partial charge in [0.1, 0.15) is 0 Å². The zero-order chi connectivity index (χ0) is 12.8. The molecule has 1 aliphatic rings. The first-order valence-electron chi connectivity index (χ1n) is 6.80. The van der Waals surface area contributed by atoms with Crippen LogP contribution in [0.4, 0.5) is 0 Å². The molecule has 18 heavy (non-hydrogen) atoms. The van der Waals surface area contributed by atoms with Crippen molar-refractivity contribution in [3.05, 3.63) is 35.4 Å². The first-order valence-corrected chi connectivity index (χ1v) is 6.80. The van der Waals surface area contributed by atoms with Gasteiger partial charge in [0.2, 0.25) is 5.91 Å². The van der Waals surface area contributed by atoms with Crippen LogP contribution in [0.2, 0.25) is 0 Å². The lowest BCUT2D eigenvalue weighted by atomic mass is 9.83. The minimum absolute atomic E-state index is 0.0415. The van der Waals surface area contributed by atoms with E-state index in [4.69, 9.17) is 0 Å². The highest BCUT2D eigenvalue weighted by Gasteiger charge is 2.18. The second-order valence-electron chi connectivity index (χ2n) is 4.98. The van der Waals surface area contributed by atoms with Crippen molar-refractivity contribution in [1.82, 2.24) is 10.6 Å². The van der Waals surface area contributed by atoms with Crippen LogP contribution in [0.1, 0.15) is 36.8 Å². The highest BCUT2D eigenvalue weighted by molar-refractivity contribution is 5.72. The molecule has 2 rings (SSSR count). The summed E-state index contributed by atoms with van der Waals surface area (Å²) < 4.78 is 0. The molecule has 1 unspecified atom stereocenters. The molecule has 0 spiro atoms. The first-order chi connectivity index (χ1) is 8.77. The van der Waals surface area contributed by atoms with Crippen LogP contribution in [0.3, 0.4) is 0 Å². The quantitative estimate of drug-likeness (QED) is 0.778. The number of carbonyl (C=O) groups excluding carboxylic acids is 1. The van der Waals surface area contributed by atoms with Gasteiger partial charge in [0.05, 0.1) is 0 Å². The van der Waals surface area contributed by atoms with Crippen LogP contribution in [0.15, 0.2) is 24.3 Å². The molecule has 0 saturated heterocycles. The third-order valence-electron chi connectivity index (χ3n) is 3.56. The summed E-state index contributed by atoms with van der Waals surface area (Å²) in [5.74, 6) is 0.673. The summed E-state index contributed by atoms with van der Waals surface area (Å²) in [6.45, 7) is 4.12. The average molecular weight is 246 g/mol. The predicted octanol–water partition coefficient (Wildman–Crippen LogP) is 1.83. The van der Waals surface area contributed by atoms with Gasteiger partial charge in [0.25, 0.3) is 0 Å². The molecule has 3 heteroatoms. The third kappa shape index (κ3) is 3.57. The normalized spacial score (nSPS) is 18.2. The van der Waals surface area contributed by atoms with Gasteiger partial charge >= 0.3 is 0 Å². The Morgan fingerprint density at radius 3 is 3.00 bits per heavy atom. The number of nitrogens with one attached hydrogen (secondary N) is 2. The van der Waals surface area contributed by atoms with Gasteiger partial charge < -0.3 is 10.6 Å². The summed E-state index contributed by atoms with van der Waals surface area (Å²) in [6, 6.07) is 8.77. The summed E-state index contributed by atoms with van der Waals surface area (Å²) in [5, 5.41) is 6.24. The molecule has 98 valence electrons. The van der Waals surface area contributed by atoms with Gasteiger partial charge in [0.15, 0.2) is 0 Å². The molecule has 0 heterocycles. The van der Waals surface area contributed by atoms with Crippen molar-refractivity contribution in [1.29, 1.82) is 0 Å². The lowest BCUT2D eigenvalue weighted by molar-refractivity contribution is -0.118. The Kier molecular flexibility index (Phi) is 4.76. The monoisotopic (exact) mass is 246 g/mol. The van der Waals surface area contributed by atoms with Crippen LogP contribution >= 0.6 is 0 Å². The lowest BCUT2D eigenvalue weighted by Gasteiger charge is -2.25. The van der Waals surface area contributed by atoms with Crippen LogP contribution in [0.5, 0.6) is 0 Å². The smallest absolute Gasteiger partial charge is 0.216 e. The van der Waals surface area contributed by atoms with Gasteiger partial charge in [-0.15, -0.1) is 0 Å². The molecule has 0 fully saturated rings. The number of fused-ring (bicyclic) bond motifs is 1. The first kappa shape index (κ1) is 13.1. The van der Waals surface area contributed by atoms with Crippen LogP contribution in [-0.4, -0.2) is 25.5 Å². The van der Waals surface area contributed by atoms with Crippen LogP contribution in [-0.2, 0) is 11.2 Å². The molecular weight excluding hydrogens is 224 g/mol. The molecule has 0 saturated carbocycles. The summed E-state index contributed by atoms with van der Waals surface area (Å²) in [7, 11) is 0. The molecule has 2 N–H and O–H groups in total. The molecule has 1 aromatic rings. The Morgan fingerprint density at radius 1 is 1.33 bits per heavy atom. The zero-order valence-electron chi connectivity index (χ0n) is 11.0. The van der Waals surface area contributed by atoms with E-state index in [0.29, 0.717) is 12.5 Å². The fourth-order valence-electron chi connectivity index (χ4n) is 2.67. The van der Waals surface area contributed by atoms with Crippen LogP contribution in [0.25, 0.3) is 0 Å². The maximum atomic E-state index is 10.7. The molecule has 0 aromatic heterocycles. The molecule has 1 amide bonds. The molecule has 0 bridgehead atoms.